The third-order valence-electron chi connectivity index (χ3n) is 3.18. The number of hydrogen-bond donors (Lipinski definition) is 1. The molecule has 0 saturated carbocycles. The van der Waals surface area contributed by atoms with Crippen LogP contribution in [0, 0.1) is 5.82 Å². The van der Waals surface area contributed by atoms with Gasteiger partial charge in [-0.25, -0.2) is 9.37 Å². The van der Waals surface area contributed by atoms with E-state index in [2.05, 4.69) is 31.1 Å². The summed E-state index contributed by atoms with van der Waals surface area (Å²) in [5.41, 5.74) is 7.23. The van der Waals surface area contributed by atoms with Gasteiger partial charge in [0.05, 0.1) is 15.5 Å². The van der Waals surface area contributed by atoms with Gasteiger partial charge in [-0.15, -0.1) is 10.2 Å². The molecule has 0 bridgehead atoms. The first-order valence-corrected chi connectivity index (χ1v) is 6.79. The van der Waals surface area contributed by atoms with Crippen molar-refractivity contribution < 1.29 is 4.39 Å². The Morgan fingerprint density at radius 1 is 1.40 bits per heavy atom. The van der Waals surface area contributed by atoms with Crippen LogP contribution in [0.1, 0.15) is 5.82 Å². The molecule has 2 aromatic heterocycles. The Bertz CT molecular complexity index is 778. The van der Waals surface area contributed by atoms with Crippen molar-refractivity contribution in [1.82, 2.24) is 24.3 Å². The minimum atomic E-state index is -0.336. The molecule has 104 valence electrons. The van der Waals surface area contributed by atoms with Crippen LogP contribution in [0.15, 0.2) is 22.9 Å². The fourth-order valence-electron chi connectivity index (χ4n) is 2.12. The number of rotatable bonds is 3. The number of imidazole rings is 1. The fraction of sp³-hybridized carbons (Fsp3) is 0.250. The molecule has 0 aliphatic heterocycles. The molecule has 0 aliphatic rings. The van der Waals surface area contributed by atoms with Crippen molar-refractivity contribution in [3.05, 3.63) is 34.6 Å². The van der Waals surface area contributed by atoms with E-state index < -0.39 is 0 Å². The second-order valence-corrected chi connectivity index (χ2v) is 5.34. The van der Waals surface area contributed by atoms with Crippen LogP contribution in [0.5, 0.6) is 0 Å². The number of fused-ring (bicyclic) bond motifs is 1. The molecule has 20 heavy (non-hydrogen) atoms. The lowest BCUT2D eigenvalue weighted by Gasteiger charge is -2.06. The topological polar surface area (TPSA) is 74.5 Å². The first-order chi connectivity index (χ1) is 9.56. The van der Waals surface area contributed by atoms with E-state index >= 15 is 0 Å². The van der Waals surface area contributed by atoms with Crippen LogP contribution in [-0.2, 0) is 20.0 Å². The van der Waals surface area contributed by atoms with E-state index in [0.29, 0.717) is 34.4 Å². The molecular weight excluding hydrogens is 327 g/mol. The van der Waals surface area contributed by atoms with E-state index in [-0.39, 0.29) is 5.82 Å². The Morgan fingerprint density at radius 2 is 2.20 bits per heavy atom. The number of benzene rings is 1. The van der Waals surface area contributed by atoms with Crippen molar-refractivity contribution >= 4 is 32.9 Å². The molecule has 8 heteroatoms. The highest BCUT2D eigenvalue weighted by Crippen LogP contribution is 2.25. The minimum Gasteiger partial charge on any atom is -0.369 e. The largest absolute Gasteiger partial charge is 0.369 e. The second kappa shape index (κ2) is 4.86. The number of halogens is 2. The van der Waals surface area contributed by atoms with Crippen molar-refractivity contribution in [1.29, 1.82) is 0 Å². The summed E-state index contributed by atoms with van der Waals surface area (Å²) >= 11 is 3.14. The molecule has 3 rings (SSSR count). The van der Waals surface area contributed by atoms with Gasteiger partial charge in [-0.3, -0.25) is 0 Å². The molecule has 0 amide bonds. The van der Waals surface area contributed by atoms with Crippen molar-refractivity contribution in [3.63, 3.8) is 0 Å². The number of hydrogen-bond acceptors (Lipinski definition) is 4. The standard InChI is InChI=1S/C12H12BrFN6/c1-19-6-16-18-11(19)2-3-20-10-5-8(14)7(13)4-9(10)17-12(20)15/h4-6H,2-3H2,1H3,(H2,15,17). The number of nitrogens with zero attached hydrogens (tertiary/aromatic N) is 5. The van der Waals surface area contributed by atoms with Crippen LogP contribution in [0.4, 0.5) is 10.3 Å². The average Bonchev–Trinajstić information content (AvgIpc) is 2.92. The maximum atomic E-state index is 13.7. The fourth-order valence-corrected chi connectivity index (χ4v) is 2.45. The highest BCUT2D eigenvalue weighted by Gasteiger charge is 2.12. The SMILES string of the molecule is Cn1cnnc1CCn1c(N)nc2cc(Br)c(F)cc21. The summed E-state index contributed by atoms with van der Waals surface area (Å²) in [5, 5.41) is 7.84. The van der Waals surface area contributed by atoms with E-state index in [1.165, 1.54) is 6.07 Å². The molecular formula is C12H12BrFN6. The maximum Gasteiger partial charge on any atom is 0.201 e. The Labute approximate surface area is 122 Å². The number of nitrogen functional groups attached to an aromatic ring is 1. The molecule has 2 heterocycles. The number of aryl methyl sites for hydroxylation is 3. The summed E-state index contributed by atoms with van der Waals surface area (Å²) in [5.74, 6) is 0.862. The molecule has 0 saturated heterocycles. The van der Waals surface area contributed by atoms with Crippen molar-refractivity contribution in [2.75, 3.05) is 5.73 Å². The van der Waals surface area contributed by atoms with Crippen LogP contribution in [0.3, 0.4) is 0 Å². The Morgan fingerprint density at radius 3 is 2.90 bits per heavy atom. The van der Waals surface area contributed by atoms with Crippen molar-refractivity contribution in [3.8, 4) is 0 Å². The molecule has 0 radical (unpaired) electrons. The van der Waals surface area contributed by atoms with Crippen LogP contribution < -0.4 is 5.73 Å². The first-order valence-electron chi connectivity index (χ1n) is 6.00. The van der Waals surface area contributed by atoms with Gasteiger partial charge in [-0.05, 0) is 22.0 Å². The zero-order valence-electron chi connectivity index (χ0n) is 10.7. The second-order valence-electron chi connectivity index (χ2n) is 4.48. The van der Waals surface area contributed by atoms with Gasteiger partial charge in [0.1, 0.15) is 18.0 Å². The quantitative estimate of drug-likeness (QED) is 0.791. The molecule has 0 fully saturated rings. The van der Waals surface area contributed by atoms with Crippen LogP contribution >= 0.6 is 15.9 Å². The monoisotopic (exact) mass is 338 g/mol. The Hall–Kier alpha value is -1.96. The van der Waals surface area contributed by atoms with Gasteiger partial charge in [0.15, 0.2) is 0 Å². The molecule has 0 aliphatic carbocycles. The molecule has 0 atom stereocenters. The third kappa shape index (κ3) is 2.15. The Kier molecular flexibility index (Phi) is 3.17. The van der Waals surface area contributed by atoms with Crippen LogP contribution in [0.25, 0.3) is 11.0 Å². The lowest BCUT2D eigenvalue weighted by molar-refractivity contribution is 0.620. The van der Waals surface area contributed by atoms with Gasteiger partial charge < -0.3 is 14.9 Å². The lowest BCUT2D eigenvalue weighted by atomic mass is 10.3. The summed E-state index contributed by atoms with van der Waals surface area (Å²) in [6.07, 6.45) is 2.28. The van der Waals surface area contributed by atoms with E-state index in [9.17, 15) is 4.39 Å². The van der Waals surface area contributed by atoms with E-state index in [0.717, 1.165) is 5.82 Å². The van der Waals surface area contributed by atoms with Crippen LogP contribution in [-0.4, -0.2) is 24.3 Å². The van der Waals surface area contributed by atoms with Gasteiger partial charge >= 0.3 is 0 Å². The normalized spacial score (nSPS) is 11.3. The maximum absolute atomic E-state index is 13.7. The van der Waals surface area contributed by atoms with Gasteiger partial charge in [-0.1, -0.05) is 0 Å². The van der Waals surface area contributed by atoms with Crippen LogP contribution in [0.2, 0.25) is 0 Å². The molecule has 1 aromatic carbocycles. The molecule has 3 aromatic rings. The van der Waals surface area contributed by atoms with Crippen molar-refractivity contribution in [2.45, 2.75) is 13.0 Å². The van der Waals surface area contributed by atoms with E-state index in [4.69, 9.17) is 5.73 Å². The number of anilines is 1. The van der Waals surface area contributed by atoms with E-state index in [1.54, 1.807) is 17.0 Å². The predicted octanol–water partition coefficient (Wildman–Crippen LogP) is 1.89. The summed E-state index contributed by atoms with van der Waals surface area (Å²) in [7, 11) is 1.88. The molecule has 0 spiro atoms. The molecule has 0 unspecified atom stereocenters. The minimum absolute atomic E-state index is 0.336. The smallest absolute Gasteiger partial charge is 0.201 e. The highest BCUT2D eigenvalue weighted by molar-refractivity contribution is 9.10. The number of nitrogens with two attached hydrogens (primary N) is 1. The number of aromatic nitrogens is 5. The molecule has 6 nitrogen and oxygen atoms in total. The van der Waals surface area contributed by atoms with Crippen molar-refractivity contribution in [2.24, 2.45) is 7.05 Å². The first kappa shape index (κ1) is 13.0. The predicted molar refractivity (Wildman–Crippen MR) is 76.5 cm³/mol. The zero-order chi connectivity index (χ0) is 14.3. The average molecular weight is 339 g/mol. The van der Waals surface area contributed by atoms with Gasteiger partial charge in [0.2, 0.25) is 5.95 Å². The van der Waals surface area contributed by atoms with Gasteiger partial charge in [0, 0.05) is 26.1 Å². The highest BCUT2D eigenvalue weighted by atomic mass is 79.9. The summed E-state index contributed by atoms with van der Waals surface area (Å²) in [6.45, 7) is 0.565. The van der Waals surface area contributed by atoms with Gasteiger partial charge in [0.25, 0.3) is 0 Å². The third-order valence-corrected chi connectivity index (χ3v) is 3.79. The summed E-state index contributed by atoms with van der Waals surface area (Å²) < 4.78 is 17.7. The van der Waals surface area contributed by atoms with Gasteiger partial charge in [-0.2, -0.15) is 0 Å². The summed E-state index contributed by atoms with van der Waals surface area (Å²) in [6, 6.07) is 3.05. The van der Waals surface area contributed by atoms with E-state index in [1.807, 2.05) is 11.6 Å². The zero-order valence-corrected chi connectivity index (χ0v) is 12.3. The molecule has 2 N–H and O–H groups in total. The Balaban J connectivity index is 1.97. The summed E-state index contributed by atoms with van der Waals surface area (Å²) in [4.78, 5) is 4.24. The lowest BCUT2D eigenvalue weighted by Crippen LogP contribution is -2.08.